The zero-order chi connectivity index (χ0) is 14.6. The highest BCUT2D eigenvalue weighted by Crippen LogP contribution is 2.48. The molecule has 0 bridgehead atoms. The van der Waals surface area contributed by atoms with Gasteiger partial charge in [-0.25, -0.2) is 0 Å². The Morgan fingerprint density at radius 1 is 1.55 bits per heavy atom. The lowest BCUT2D eigenvalue weighted by atomic mass is 10.0. The quantitative estimate of drug-likeness (QED) is 0.221. The molecule has 4 N–H and O–H groups in total. The molecule has 6 heteroatoms. The number of aromatic nitrogens is 2. The van der Waals surface area contributed by atoms with Crippen LogP contribution in [0.4, 0.5) is 0 Å². The second-order valence-corrected chi connectivity index (χ2v) is 5.95. The van der Waals surface area contributed by atoms with Gasteiger partial charge in [0.2, 0.25) is 0 Å². The summed E-state index contributed by atoms with van der Waals surface area (Å²) in [7, 11) is 0. The molecular weight excluding hydrogens is 254 g/mol. The number of hydrogen-bond acceptors (Lipinski definition) is 4. The molecule has 1 aliphatic carbocycles. The minimum absolute atomic E-state index is 0.231. The molecule has 1 aromatic heterocycles. The Morgan fingerprint density at radius 2 is 2.30 bits per heavy atom. The van der Waals surface area contributed by atoms with Crippen molar-refractivity contribution in [1.82, 2.24) is 15.1 Å². The molecule has 112 valence electrons. The fourth-order valence-corrected chi connectivity index (χ4v) is 2.62. The van der Waals surface area contributed by atoms with Crippen molar-refractivity contribution in [2.75, 3.05) is 13.1 Å². The lowest BCUT2D eigenvalue weighted by molar-refractivity contribution is 0.314. The third kappa shape index (κ3) is 3.96. The van der Waals surface area contributed by atoms with E-state index in [2.05, 4.69) is 33.2 Å². The van der Waals surface area contributed by atoms with E-state index in [0.717, 1.165) is 44.6 Å². The molecule has 1 aromatic rings. The van der Waals surface area contributed by atoms with Crippen LogP contribution in [-0.4, -0.2) is 33.9 Å². The van der Waals surface area contributed by atoms with Crippen LogP contribution in [0.15, 0.2) is 11.2 Å². The maximum Gasteiger partial charge on any atom is 0.139 e. The Morgan fingerprint density at radius 3 is 2.85 bits per heavy atom. The van der Waals surface area contributed by atoms with Gasteiger partial charge in [-0.3, -0.25) is 4.68 Å². The normalized spacial score (nSPS) is 17.4. The van der Waals surface area contributed by atoms with Crippen LogP contribution in [0.1, 0.15) is 37.1 Å². The Labute approximate surface area is 120 Å². The molecule has 20 heavy (non-hydrogen) atoms. The van der Waals surface area contributed by atoms with E-state index < -0.39 is 0 Å². The third-order valence-corrected chi connectivity index (χ3v) is 3.97. The van der Waals surface area contributed by atoms with Gasteiger partial charge in [-0.1, -0.05) is 5.16 Å². The summed E-state index contributed by atoms with van der Waals surface area (Å²) in [6.07, 6.45) is 4.07. The standard InChI is InChI=1S/C14H25N5O/c1-11-8-12(2)19(17-11)7-3-6-16-10-14(4-5-14)9-13(15)18-20/h8,16,20H,3-7,9-10H2,1-2H3,(H2,15,18). The lowest BCUT2D eigenvalue weighted by Crippen LogP contribution is -2.29. The average molecular weight is 279 g/mol. The van der Waals surface area contributed by atoms with Crippen molar-refractivity contribution in [3.8, 4) is 0 Å². The molecule has 1 fully saturated rings. The number of rotatable bonds is 8. The topological polar surface area (TPSA) is 88.5 Å². The van der Waals surface area contributed by atoms with Crippen molar-refractivity contribution in [1.29, 1.82) is 0 Å². The number of nitrogens with zero attached hydrogens (tertiary/aromatic N) is 3. The number of amidine groups is 1. The van der Waals surface area contributed by atoms with E-state index in [0.29, 0.717) is 12.3 Å². The molecule has 0 aromatic carbocycles. The molecule has 1 saturated carbocycles. The highest BCUT2D eigenvalue weighted by atomic mass is 16.4. The van der Waals surface area contributed by atoms with Crippen molar-refractivity contribution in [2.45, 2.75) is 46.1 Å². The Hall–Kier alpha value is -1.56. The SMILES string of the molecule is Cc1cc(C)n(CCCNCC2(C/C(N)=N/O)CC2)n1. The minimum atomic E-state index is 0.231. The Bertz CT molecular complexity index is 476. The summed E-state index contributed by atoms with van der Waals surface area (Å²) in [5.74, 6) is 0.340. The van der Waals surface area contributed by atoms with Crippen LogP contribution in [0.2, 0.25) is 0 Å². The molecule has 0 saturated heterocycles. The molecule has 2 rings (SSSR count). The van der Waals surface area contributed by atoms with Gasteiger partial charge in [0, 0.05) is 25.2 Å². The first-order chi connectivity index (χ1) is 9.54. The molecule has 0 aliphatic heterocycles. The number of nitrogens with one attached hydrogen (secondary N) is 1. The van der Waals surface area contributed by atoms with Gasteiger partial charge in [0.1, 0.15) is 5.84 Å². The Kier molecular flexibility index (Phi) is 4.65. The number of oxime groups is 1. The predicted molar refractivity (Wildman–Crippen MR) is 78.9 cm³/mol. The molecule has 0 spiro atoms. The van der Waals surface area contributed by atoms with E-state index >= 15 is 0 Å². The summed E-state index contributed by atoms with van der Waals surface area (Å²) in [5, 5.41) is 19.6. The lowest BCUT2D eigenvalue weighted by Gasteiger charge is -2.15. The number of hydrogen-bond donors (Lipinski definition) is 3. The van der Waals surface area contributed by atoms with Gasteiger partial charge in [0.05, 0.1) is 5.69 Å². The van der Waals surface area contributed by atoms with Crippen molar-refractivity contribution in [2.24, 2.45) is 16.3 Å². The average Bonchev–Trinajstić information content (AvgIpc) is 3.08. The first-order valence-corrected chi connectivity index (χ1v) is 7.23. The summed E-state index contributed by atoms with van der Waals surface area (Å²) >= 11 is 0. The van der Waals surface area contributed by atoms with E-state index in [1.54, 1.807) is 0 Å². The molecule has 0 atom stereocenters. The summed E-state index contributed by atoms with van der Waals surface area (Å²) in [6, 6.07) is 2.10. The van der Waals surface area contributed by atoms with Crippen LogP contribution >= 0.6 is 0 Å². The maximum atomic E-state index is 8.62. The fourth-order valence-electron chi connectivity index (χ4n) is 2.62. The molecular formula is C14H25N5O. The van der Waals surface area contributed by atoms with Crippen LogP contribution in [0.25, 0.3) is 0 Å². The fraction of sp³-hybridized carbons (Fsp3) is 0.714. The van der Waals surface area contributed by atoms with Crippen molar-refractivity contribution in [3.63, 3.8) is 0 Å². The van der Waals surface area contributed by atoms with Crippen molar-refractivity contribution < 1.29 is 5.21 Å². The molecule has 1 heterocycles. The third-order valence-electron chi connectivity index (χ3n) is 3.97. The van der Waals surface area contributed by atoms with E-state index in [1.807, 2.05) is 6.92 Å². The number of nitrogens with two attached hydrogens (primary N) is 1. The predicted octanol–water partition coefficient (Wildman–Crippen LogP) is 1.40. The first-order valence-electron chi connectivity index (χ1n) is 7.23. The highest BCUT2D eigenvalue weighted by molar-refractivity contribution is 5.80. The van der Waals surface area contributed by atoms with E-state index in [1.165, 1.54) is 5.69 Å². The van der Waals surface area contributed by atoms with E-state index in [-0.39, 0.29) is 5.41 Å². The Balaban J connectivity index is 1.64. The van der Waals surface area contributed by atoms with Gasteiger partial charge >= 0.3 is 0 Å². The second-order valence-electron chi connectivity index (χ2n) is 5.95. The summed E-state index contributed by atoms with van der Waals surface area (Å²) in [4.78, 5) is 0. The first kappa shape index (κ1) is 14.8. The largest absolute Gasteiger partial charge is 0.409 e. The van der Waals surface area contributed by atoms with Crippen LogP contribution < -0.4 is 11.1 Å². The molecule has 0 amide bonds. The van der Waals surface area contributed by atoms with E-state index in [9.17, 15) is 0 Å². The summed E-state index contributed by atoms with van der Waals surface area (Å²) in [6.45, 7) is 6.96. The summed E-state index contributed by atoms with van der Waals surface area (Å²) in [5.41, 5.74) is 8.11. The highest BCUT2D eigenvalue weighted by Gasteiger charge is 2.42. The summed E-state index contributed by atoms with van der Waals surface area (Å²) < 4.78 is 2.06. The van der Waals surface area contributed by atoms with Gasteiger partial charge in [-0.05, 0) is 51.1 Å². The molecule has 0 unspecified atom stereocenters. The number of aryl methyl sites for hydroxylation is 3. The molecule has 6 nitrogen and oxygen atoms in total. The maximum absolute atomic E-state index is 8.62. The second kappa shape index (κ2) is 6.26. The van der Waals surface area contributed by atoms with Gasteiger partial charge in [0.15, 0.2) is 0 Å². The van der Waals surface area contributed by atoms with Crippen LogP contribution in [0.5, 0.6) is 0 Å². The van der Waals surface area contributed by atoms with Gasteiger partial charge in [0.25, 0.3) is 0 Å². The van der Waals surface area contributed by atoms with Crippen LogP contribution in [0.3, 0.4) is 0 Å². The van der Waals surface area contributed by atoms with Crippen molar-refractivity contribution >= 4 is 5.84 Å². The van der Waals surface area contributed by atoms with Crippen molar-refractivity contribution in [3.05, 3.63) is 17.5 Å². The van der Waals surface area contributed by atoms with Gasteiger partial charge in [-0.15, -0.1) is 0 Å². The van der Waals surface area contributed by atoms with Crippen LogP contribution in [-0.2, 0) is 6.54 Å². The van der Waals surface area contributed by atoms with Gasteiger partial charge < -0.3 is 16.3 Å². The van der Waals surface area contributed by atoms with Crippen LogP contribution in [0, 0.1) is 19.3 Å². The zero-order valence-electron chi connectivity index (χ0n) is 12.4. The van der Waals surface area contributed by atoms with Gasteiger partial charge in [-0.2, -0.15) is 5.10 Å². The molecule has 1 aliphatic rings. The minimum Gasteiger partial charge on any atom is -0.409 e. The van der Waals surface area contributed by atoms with E-state index in [4.69, 9.17) is 10.9 Å². The zero-order valence-corrected chi connectivity index (χ0v) is 12.4. The smallest absolute Gasteiger partial charge is 0.139 e. The molecule has 0 radical (unpaired) electrons. The monoisotopic (exact) mass is 279 g/mol.